The second-order valence-corrected chi connectivity index (χ2v) is 4.43. The van der Waals surface area contributed by atoms with E-state index in [1.165, 1.54) is 11.3 Å². The van der Waals surface area contributed by atoms with Gasteiger partial charge in [-0.3, -0.25) is 4.99 Å². The number of hydrogen-bond acceptors (Lipinski definition) is 2. The highest BCUT2D eigenvalue weighted by Crippen LogP contribution is 2.21. The molecule has 0 radical (unpaired) electrons. The minimum Gasteiger partial charge on any atom is -0.386 e. The Labute approximate surface area is 107 Å². The number of hydrogen-bond donors (Lipinski definition) is 1. The van der Waals surface area contributed by atoms with E-state index in [1.54, 1.807) is 0 Å². The molecule has 18 heavy (non-hydrogen) atoms. The van der Waals surface area contributed by atoms with Crippen LogP contribution in [-0.2, 0) is 0 Å². The molecule has 0 fully saturated rings. The summed E-state index contributed by atoms with van der Waals surface area (Å²) in [5.41, 5.74) is 3.61. The molecule has 0 aromatic heterocycles. The first-order chi connectivity index (χ1) is 8.95. The number of nitrogens with zero attached hydrogens (tertiary/aromatic N) is 1. The number of allylic oxidation sites excluding steroid dienone is 5. The van der Waals surface area contributed by atoms with E-state index in [9.17, 15) is 0 Å². The highest BCUT2D eigenvalue weighted by molar-refractivity contribution is 6.05. The minimum atomic E-state index is 0.241. The Balaban J connectivity index is 2.04. The quantitative estimate of drug-likeness (QED) is 0.796. The van der Waals surface area contributed by atoms with Crippen LogP contribution in [0.5, 0.6) is 0 Å². The predicted octanol–water partition coefficient (Wildman–Crippen LogP) is 2.71. The lowest BCUT2D eigenvalue weighted by atomic mass is 9.93. The average Bonchev–Trinajstić information content (AvgIpc) is 2.75. The van der Waals surface area contributed by atoms with Gasteiger partial charge in [-0.1, -0.05) is 54.6 Å². The first-order valence-corrected chi connectivity index (χ1v) is 6.34. The Hall–Kier alpha value is -2.09. The van der Waals surface area contributed by atoms with Crippen LogP contribution >= 0.6 is 0 Å². The van der Waals surface area contributed by atoms with Crippen LogP contribution in [0.15, 0.2) is 71.4 Å². The van der Waals surface area contributed by atoms with Crippen molar-refractivity contribution in [2.24, 2.45) is 10.9 Å². The van der Waals surface area contributed by atoms with Crippen molar-refractivity contribution in [1.82, 2.24) is 5.32 Å². The van der Waals surface area contributed by atoms with Gasteiger partial charge in [0, 0.05) is 12.2 Å². The molecule has 1 aliphatic heterocycles. The summed E-state index contributed by atoms with van der Waals surface area (Å²) in [7, 11) is 0. The normalized spacial score (nSPS) is 22.1. The third-order valence-corrected chi connectivity index (χ3v) is 3.22. The Morgan fingerprint density at radius 2 is 1.94 bits per heavy atom. The molecule has 0 saturated heterocycles. The third-order valence-electron chi connectivity index (χ3n) is 3.22. The molecule has 2 aliphatic rings. The third kappa shape index (κ3) is 2.14. The maximum atomic E-state index is 4.75. The number of rotatable bonds is 1. The highest BCUT2D eigenvalue weighted by atomic mass is 15.0. The lowest BCUT2D eigenvalue weighted by molar-refractivity contribution is 0.777. The van der Waals surface area contributed by atoms with Crippen LogP contribution in [0.2, 0.25) is 0 Å². The SMILES string of the molecule is C1=CC=C2NCCN=C(c3ccccc3)C2C=C1. The van der Waals surface area contributed by atoms with Gasteiger partial charge in [0.25, 0.3) is 0 Å². The summed E-state index contributed by atoms with van der Waals surface area (Å²) in [6.45, 7) is 1.73. The van der Waals surface area contributed by atoms with Gasteiger partial charge in [-0.05, 0) is 11.6 Å². The van der Waals surface area contributed by atoms with Crippen molar-refractivity contribution < 1.29 is 0 Å². The zero-order valence-corrected chi connectivity index (χ0v) is 10.2. The molecular formula is C16H16N2. The van der Waals surface area contributed by atoms with Crippen LogP contribution in [0.1, 0.15) is 5.56 Å². The molecular weight excluding hydrogens is 220 g/mol. The van der Waals surface area contributed by atoms with Crippen molar-refractivity contribution >= 4 is 5.71 Å². The van der Waals surface area contributed by atoms with Crippen LogP contribution in [0, 0.1) is 5.92 Å². The molecule has 1 aromatic carbocycles. The molecule has 1 aromatic rings. The van der Waals surface area contributed by atoms with Gasteiger partial charge in [0.05, 0.1) is 18.2 Å². The number of nitrogens with one attached hydrogen (secondary N) is 1. The van der Waals surface area contributed by atoms with E-state index in [0.717, 1.165) is 18.8 Å². The number of aliphatic imine (C=N–C) groups is 1. The smallest absolute Gasteiger partial charge is 0.0595 e. The summed E-state index contributed by atoms with van der Waals surface area (Å²) in [6.07, 6.45) is 10.6. The maximum Gasteiger partial charge on any atom is 0.0595 e. The van der Waals surface area contributed by atoms with Crippen molar-refractivity contribution in [3.8, 4) is 0 Å². The van der Waals surface area contributed by atoms with E-state index < -0.39 is 0 Å². The molecule has 1 atom stereocenters. The summed E-state index contributed by atoms with van der Waals surface area (Å²) >= 11 is 0. The fourth-order valence-corrected chi connectivity index (χ4v) is 2.37. The van der Waals surface area contributed by atoms with Gasteiger partial charge in [0.1, 0.15) is 0 Å². The summed E-state index contributed by atoms with van der Waals surface area (Å²) in [6, 6.07) is 10.4. The van der Waals surface area contributed by atoms with E-state index in [1.807, 2.05) is 6.07 Å². The average molecular weight is 236 g/mol. The monoisotopic (exact) mass is 236 g/mol. The maximum absolute atomic E-state index is 4.75. The topological polar surface area (TPSA) is 24.4 Å². The second kappa shape index (κ2) is 5.05. The van der Waals surface area contributed by atoms with Gasteiger partial charge in [0.15, 0.2) is 0 Å². The van der Waals surface area contributed by atoms with Crippen LogP contribution in [0.3, 0.4) is 0 Å². The first kappa shape index (κ1) is 11.0. The Morgan fingerprint density at radius 1 is 1.06 bits per heavy atom. The lowest BCUT2D eigenvalue weighted by Crippen LogP contribution is -2.23. The summed E-state index contributed by atoms with van der Waals surface area (Å²) < 4.78 is 0. The Bertz CT molecular complexity index is 535. The van der Waals surface area contributed by atoms with Crippen molar-refractivity contribution in [2.45, 2.75) is 0 Å². The van der Waals surface area contributed by atoms with E-state index in [4.69, 9.17) is 4.99 Å². The van der Waals surface area contributed by atoms with Gasteiger partial charge in [-0.15, -0.1) is 0 Å². The van der Waals surface area contributed by atoms with Gasteiger partial charge >= 0.3 is 0 Å². The second-order valence-electron chi connectivity index (χ2n) is 4.43. The predicted molar refractivity (Wildman–Crippen MR) is 75.7 cm³/mol. The number of benzene rings is 1. The molecule has 1 unspecified atom stereocenters. The van der Waals surface area contributed by atoms with E-state index in [-0.39, 0.29) is 5.92 Å². The standard InChI is InChI=1S/C16H16N2/c1-3-7-13(8-4-1)16-14-9-5-2-6-10-15(14)17-11-12-18-16/h1-10,14,17H,11-12H2. The van der Waals surface area contributed by atoms with Gasteiger partial charge in [0.2, 0.25) is 0 Å². The van der Waals surface area contributed by atoms with Crippen molar-refractivity contribution in [3.05, 3.63) is 72.0 Å². The molecule has 0 amide bonds. The Morgan fingerprint density at radius 3 is 2.83 bits per heavy atom. The molecule has 90 valence electrons. The van der Waals surface area contributed by atoms with E-state index in [0.29, 0.717) is 0 Å². The van der Waals surface area contributed by atoms with Crippen molar-refractivity contribution in [2.75, 3.05) is 13.1 Å². The molecule has 2 heteroatoms. The lowest BCUT2D eigenvalue weighted by Gasteiger charge is -2.17. The van der Waals surface area contributed by atoms with Gasteiger partial charge in [-0.25, -0.2) is 0 Å². The fourth-order valence-electron chi connectivity index (χ4n) is 2.37. The largest absolute Gasteiger partial charge is 0.386 e. The van der Waals surface area contributed by atoms with Crippen LogP contribution in [0.4, 0.5) is 0 Å². The minimum absolute atomic E-state index is 0.241. The molecule has 0 saturated carbocycles. The van der Waals surface area contributed by atoms with Crippen LogP contribution in [0.25, 0.3) is 0 Å². The van der Waals surface area contributed by atoms with Crippen LogP contribution < -0.4 is 5.32 Å². The van der Waals surface area contributed by atoms with E-state index in [2.05, 4.69) is 60.0 Å². The molecule has 3 rings (SSSR count). The van der Waals surface area contributed by atoms with E-state index >= 15 is 0 Å². The molecule has 1 heterocycles. The van der Waals surface area contributed by atoms with Crippen LogP contribution in [-0.4, -0.2) is 18.8 Å². The summed E-state index contributed by atoms with van der Waals surface area (Å²) in [5.74, 6) is 0.241. The first-order valence-electron chi connectivity index (χ1n) is 6.34. The molecule has 1 N–H and O–H groups in total. The zero-order chi connectivity index (χ0) is 12.2. The number of fused-ring (bicyclic) bond motifs is 1. The fraction of sp³-hybridized carbons (Fsp3) is 0.188. The molecule has 1 aliphatic carbocycles. The Kier molecular flexibility index (Phi) is 3.09. The van der Waals surface area contributed by atoms with Crippen molar-refractivity contribution in [1.29, 1.82) is 0 Å². The van der Waals surface area contributed by atoms with Gasteiger partial charge in [-0.2, -0.15) is 0 Å². The zero-order valence-electron chi connectivity index (χ0n) is 10.2. The summed E-state index contributed by atoms with van der Waals surface area (Å²) in [5, 5.41) is 3.47. The molecule has 0 spiro atoms. The van der Waals surface area contributed by atoms with Gasteiger partial charge < -0.3 is 5.32 Å². The highest BCUT2D eigenvalue weighted by Gasteiger charge is 2.21. The molecule has 0 bridgehead atoms. The summed E-state index contributed by atoms with van der Waals surface area (Å²) in [4.78, 5) is 4.75. The van der Waals surface area contributed by atoms with Crippen molar-refractivity contribution in [3.63, 3.8) is 0 Å². The molecule has 2 nitrogen and oxygen atoms in total.